The molecule has 0 aromatic carbocycles. The van der Waals surface area contributed by atoms with Crippen molar-refractivity contribution >= 4 is 0 Å². The third-order valence-corrected chi connectivity index (χ3v) is 1.70. The molecule has 0 amide bonds. The first-order chi connectivity index (χ1) is 4.97. The van der Waals surface area contributed by atoms with Gasteiger partial charge >= 0.3 is 0 Å². The highest BCUT2D eigenvalue weighted by molar-refractivity contribution is 5.33. The quantitative estimate of drug-likeness (QED) is 0.487. The number of nitrogens with zero attached hydrogens (tertiary/aromatic N) is 1. The van der Waals surface area contributed by atoms with Crippen LogP contribution in [-0.4, -0.2) is 6.61 Å². The predicted octanol–water partition coefficient (Wildman–Crippen LogP) is 1.16. The Balaban J connectivity index is 2.27. The largest absolute Gasteiger partial charge is 0.251 e. The van der Waals surface area contributed by atoms with Crippen LogP contribution in [0.1, 0.15) is 0 Å². The summed E-state index contributed by atoms with van der Waals surface area (Å²) in [7, 11) is 0. The van der Waals surface area contributed by atoms with Gasteiger partial charge in [0.2, 0.25) is 0 Å². The highest BCUT2D eigenvalue weighted by Gasteiger charge is 2.15. The van der Waals surface area contributed by atoms with E-state index in [1.807, 2.05) is 12.2 Å². The van der Waals surface area contributed by atoms with Gasteiger partial charge in [-0.3, -0.25) is 4.84 Å². The smallest absolute Gasteiger partial charge is 0.0875 e. The van der Waals surface area contributed by atoms with Crippen LogP contribution in [0.5, 0.6) is 0 Å². The van der Waals surface area contributed by atoms with Crippen molar-refractivity contribution in [1.82, 2.24) is 5.48 Å². The maximum Gasteiger partial charge on any atom is 0.0875 e. The van der Waals surface area contributed by atoms with Gasteiger partial charge in [-0.15, -0.1) is 5.48 Å². The molecule has 2 aliphatic rings. The Labute approximate surface area is 59.8 Å². The average molecular weight is 134 g/mol. The van der Waals surface area contributed by atoms with Gasteiger partial charge < -0.3 is 0 Å². The van der Waals surface area contributed by atoms with E-state index >= 15 is 0 Å². The summed E-state index contributed by atoms with van der Waals surface area (Å²) in [5.74, 6) is 0.433. The Morgan fingerprint density at radius 3 is 3.40 bits per heavy atom. The molecule has 0 bridgehead atoms. The molecule has 0 spiro atoms. The van der Waals surface area contributed by atoms with Gasteiger partial charge in [0.1, 0.15) is 0 Å². The third-order valence-electron chi connectivity index (χ3n) is 1.70. The molecule has 1 unspecified atom stereocenters. The van der Waals surface area contributed by atoms with Crippen LogP contribution in [0, 0.1) is 5.92 Å². The molecule has 2 rings (SSSR count). The zero-order chi connectivity index (χ0) is 6.81. The minimum absolute atomic E-state index is 0.433. The van der Waals surface area contributed by atoms with Crippen LogP contribution < -0.4 is 5.48 Å². The highest BCUT2D eigenvalue weighted by Crippen LogP contribution is 2.20. The first kappa shape index (κ1) is 5.74. The molecule has 1 atom stereocenters. The van der Waals surface area contributed by atoms with Gasteiger partial charge in [-0.05, 0) is 5.57 Å². The van der Waals surface area contributed by atoms with Crippen molar-refractivity contribution in [3.63, 3.8) is 0 Å². The molecule has 1 radical (unpaired) electrons. The van der Waals surface area contributed by atoms with E-state index in [1.54, 1.807) is 6.20 Å². The fourth-order valence-corrected chi connectivity index (χ4v) is 1.11. The van der Waals surface area contributed by atoms with E-state index in [2.05, 4.69) is 17.6 Å². The second-order valence-electron chi connectivity index (χ2n) is 2.38. The van der Waals surface area contributed by atoms with E-state index in [0.717, 1.165) is 0 Å². The zero-order valence-electron chi connectivity index (χ0n) is 5.53. The van der Waals surface area contributed by atoms with Crippen LogP contribution >= 0.6 is 0 Å². The summed E-state index contributed by atoms with van der Waals surface area (Å²) in [6.07, 6.45) is 10.0. The number of allylic oxidation sites excluding steroid dienone is 3. The Kier molecular flexibility index (Phi) is 1.32. The number of hydrogen-bond donors (Lipinski definition) is 0. The Hall–Kier alpha value is -1.02. The number of fused-ring (bicyclic) bond motifs is 1. The minimum atomic E-state index is 0.433. The molecule has 0 N–H and O–H groups in total. The zero-order valence-corrected chi connectivity index (χ0v) is 5.53. The molecule has 0 saturated heterocycles. The normalized spacial score (nSPS) is 28.8. The van der Waals surface area contributed by atoms with E-state index in [0.29, 0.717) is 12.5 Å². The molecule has 1 aliphatic heterocycles. The topological polar surface area (TPSA) is 23.3 Å². The molecule has 51 valence electrons. The predicted molar refractivity (Wildman–Crippen MR) is 37.9 cm³/mol. The summed E-state index contributed by atoms with van der Waals surface area (Å²) in [6.45, 7) is 0.687. The fourth-order valence-electron chi connectivity index (χ4n) is 1.11. The highest BCUT2D eigenvalue weighted by atomic mass is 16.6. The van der Waals surface area contributed by atoms with Gasteiger partial charge in [0.15, 0.2) is 0 Å². The maximum absolute atomic E-state index is 4.90. The molecule has 1 heterocycles. The molecule has 2 nitrogen and oxygen atoms in total. The van der Waals surface area contributed by atoms with Crippen molar-refractivity contribution < 1.29 is 4.84 Å². The summed E-state index contributed by atoms with van der Waals surface area (Å²) in [4.78, 5) is 4.90. The van der Waals surface area contributed by atoms with E-state index in [9.17, 15) is 0 Å². The fraction of sp³-hybridized carbons (Fsp3) is 0.250. The molecule has 0 fully saturated rings. The summed E-state index contributed by atoms with van der Waals surface area (Å²) >= 11 is 0. The standard InChI is InChI=1S/C8H8NO/c1-2-4-8-6-10-9-5-7(8)3-1/h1-5,8H,6H2. The molecule has 2 heteroatoms. The minimum Gasteiger partial charge on any atom is -0.251 e. The lowest BCUT2D eigenvalue weighted by Crippen LogP contribution is -2.19. The van der Waals surface area contributed by atoms with E-state index < -0.39 is 0 Å². The molecule has 1 aliphatic carbocycles. The van der Waals surface area contributed by atoms with Gasteiger partial charge in [-0.1, -0.05) is 24.3 Å². The van der Waals surface area contributed by atoms with Crippen LogP contribution in [-0.2, 0) is 4.84 Å². The van der Waals surface area contributed by atoms with E-state index in [4.69, 9.17) is 4.84 Å². The Morgan fingerprint density at radius 2 is 2.50 bits per heavy atom. The van der Waals surface area contributed by atoms with Gasteiger partial charge in [-0.2, -0.15) is 0 Å². The van der Waals surface area contributed by atoms with Crippen molar-refractivity contribution in [1.29, 1.82) is 0 Å². The van der Waals surface area contributed by atoms with Crippen LogP contribution in [0.15, 0.2) is 36.1 Å². The second-order valence-corrected chi connectivity index (χ2v) is 2.38. The maximum atomic E-state index is 4.90. The summed E-state index contributed by atoms with van der Waals surface area (Å²) in [5.41, 5.74) is 4.96. The molecular formula is C8H8NO. The second kappa shape index (κ2) is 2.31. The van der Waals surface area contributed by atoms with Crippen molar-refractivity contribution in [3.8, 4) is 0 Å². The van der Waals surface area contributed by atoms with Gasteiger partial charge in [0.05, 0.1) is 12.8 Å². The van der Waals surface area contributed by atoms with Crippen molar-refractivity contribution in [2.24, 2.45) is 5.92 Å². The van der Waals surface area contributed by atoms with E-state index in [-0.39, 0.29) is 0 Å². The third kappa shape index (κ3) is 0.866. The lowest BCUT2D eigenvalue weighted by Gasteiger charge is -2.19. The SMILES string of the molecule is C1=CC2=C[N]OCC2C=C1. The average Bonchev–Trinajstić information content (AvgIpc) is 2.05. The lowest BCUT2D eigenvalue weighted by atomic mass is 9.96. The summed E-state index contributed by atoms with van der Waals surface area (Å²) in [6, 6.07) is 0. The summed E-state index contributed by atoms with van der Waals surface area (Å²) < 4.78 is 0. The van der Waals surface area contributed by atoms with Crippen molar-refractivity contribution in [2.75, 3.05) is 6.61 Å². The molecule has 0 aromatic rings. The Bertz CT molecular complexity index is 215. The van der Waals surface area contributed by atoms with E-state index in [1.165, 1.54) is 5.57 Å². The first-order valence-corrected chi connectivity index (χ1v) is 3.34. The van der Waals surface area contributed by atoms with Crippen molar-refractivity contribution in [2.45, 2.75) is 0 Å². The van der Waals surface area contributed by atoms with Gasteiger partial charge in [-0.25, -0.2) is 0 Å². The molecular weight excluding hydrogens is 126 g/mol. The lowest BCUT2D eigenvalue weighted by molar-refractivity contribution is 0.0404. The molecule has 10 heavy (non-hydrogen) atoms. The van der Waals surface area contributed by atoms with Crippen molar-refractivity contribution in [3.05, 3.63) is 36.1 Å². The first-order valence-electron chi connectivity index (χ1n) is 3.34. The molecule has 0 aromatic heterocycles. The van der Waals surface area contributed by atoms with Crippen LogP contribution in [0.25, 0.3) is 0 Å². The monoisotopic (exact) mass is 134 g/mol. The van der Waals surface area contributed by atoms with Gasteiger partial charge in [0.25, 0.3) is 0 Å². The van der Waals surface area contributed by atoms with Crippen LogP contribution in [0.4, 0.5) is 0 Å². The van der Waals surface area contributed by atoms with Gasteiger partial charge in [0, 0.05) is 5.92 Å². The number of hydroxylamine groups is 1. The number of hydrogen-bond acceptors (Lipinski definition) is 1. The molecule has 0 saturated carbocycles. The Morgan fingerprint density at radius 1 is 1.50 bits per heavy atom. The summed E-state index contributed by atoms with van der Waals surface area (Å²) in [5, 5.41) is 0. The van der Waals surface area contributed by atoms with Crippen LogP contribution in [0.2, 0.25) is 0 Å². The van der Waals surface area contributed by atoms with Crippen LogP contribution in [0.3, 0.4) is 0 Å². The number of rotatable bonds is 0.